The number of rotatable bonds is 6. The molecule has 1 N–H and O–H groups in total. The molecule has 2 aromatic rings. The SMILES string of the molecule is CCCCCNC(=O)C1CCN(C(=O)c2cccc3ccccc23)CC1. The van der Waals surface area contributed by atoms with Gasteiger partial charge in [0.2, 0.25) is 5.91 Å². The lowest BCUT2D eigenvalue weighted by atomic mass is 9.94. The minimum absolute atomic E-state index is 0.0354. The first-order valence-corrected chi connectivity index (χ1v) is 9.75. The Morgan fingerprint density at radius 3 is 2.54 bits per heavy atom. The summed E-state index contributed by atoms with van der Waals surface area (Å²) in [5.74, 6) is 0.259. The van der Waals surface area contributed by atoms with E-state index >= 15 is 0 Å². The molecule has 0 aliphatic carbocycles. The van der Waals surface area contributed by atoms with Crippen molar-refractivity contribution >= 4 is 22.6 Å². The summed E-state index contributed by atoms with van der Waals surface area (Å²) in [6, 6.07) is 13.8. The maximum absolute atomic E-state index is 13.0. The summed E-state index contributed by atoms with van der Waals surface area (Å²) in [6.07, 6.45) is 4.84. The molecule has 1 aliphatic heterocycles. The number of hydrogen-bond acceptors (Lipinski definition) is 2. The van der Waals surface area contributed by atoms with Gasteiger partial charge in [-0.05, 0) is 36.1 Å². The van der Waals surface area contributed by atoms with Crippen LogP contribution in [0, 0.1) is 5.92 Å². The number of fused-ring (bicyclic) bond motifs is 1. The highest BCUT2D eigenvalue weighted by atomic mass is 16.2. The number of nitrogens with zero attached hydrogens (tertiary/aromatic N) is 1. The summed E-state index contributed by atoms with van der Waals surface area (Å²) in [7, 11) is 0. The highest BCUT2D eigenvalue weighted by molar-refractivity contribution is 6.07. The van der Waals surface area contributed by atoms with Crippen LogP contribution in [-0.2, 0) is 4.79 Å². The Bertz CT molecular complexity index is 758. The highest BCUT2D eigenvalue weighted by Gasteiger charge is 2.28. The van der Waals surface area contributed by atoms with Crippen molar-refractivity contribution in [2.45, 2.75) is 39.0 Å². The number of carbonyl (C=O) groups is 2. The van der Waals surface area contributed by atoms with Crippen LogP contribution in [0.1, 0.15) is 49.4 Å². The molecule has 138 valence electrons. The minimum Gasteiger partial charge on any atom is -0.356 e. The van der Waals surface area contributed by atoms with Crippen LogP contribution in [0.3, 0.4) is 0 Å². The quantitative estimate of drug-likeness (QED) is 0.799. The topological polar surface area (TPSA) is 49.4 Å². The van der Waals surface area contributed by atoms with Gasteiger partial charge in [0, 0.05) is 31.1 Å². The van der Waals surface area contributed by atoms with E-state index in [2.05, 4.69) is 12.2 Å². The van der Waals surface area contributed by atoms with E-state index in [4.69, 9.17) is 0 Å². The van der Waals surface area contributed by atoms with E-state index in [1.807, 2.05) is 47.4 Å². The van der Waals surface area contributed by atoms with Crippen LogP contribution < -0.4 is 5.32 Å². The Hall–Kier alpha value is -2.36. The molecule has 0 aromatic heterocycles. The van der Waals surface area contributed by atoms with Crippen molar-refractivity contribution in [3.05, 3.63) is 48.0 Å². The van der Waals surface area contributed by atoms with Gasteiger partial charge in [-0.25, -0.2) is 0 Å². The number of unbranched alkanes of at least 4 members (excludes halogenated alkanes) is 2. The number of likely N-dealkylation sites (tertiary alicyclic amines) is 1. The molecule has 1 aliphatic rings. The van der Waals surface area contributed by atoms with Crippen molar-refractivity contribution in [3.63, 3.8) is 0 Å². The Balaban J connectivity index is 1.57. The van der Waals surface area contributed by atoms with Gasteiger partial charge in [0.1, 0.15) is 0 Å². The minimum atomic E-state index is 0.0354. The molecule has 2 amide bonds. The van der Waals surface area contributed by atoms with Crippen molar-refractivity contribution in [1.29, 1.82) is 0 Å². The number of benzene rings is 2. The van der Waals surface area contributed by atoms with Crippen LogP contribution in [0.15, 0.2) is 42.5 Å². The van der Waals surface area contributed by atoms with Crippen LogP contribution >= 0.6 is 0 Å². The lowest BCUT2D eigenvalue weighted by Gasteiger charge is -2.31. The molecule has 4 heteroatoms. The number of nitrogens with one attached hydrogen (secondary N) is 1. The van der Waals surface area contributed by atoms with Gasteiger partial charge in [-0.2, -0.15) is 0 Å². The molecule has 0 spiro atoms. The van der Waals surface area contributed by atoms with Gasteiger partial charge in [0.15, 0.2) is 0 Å². The van der Waals surface area contributed by atoms with Gasteiger partial charge in [-0.3, -0.25) is 9.59 Å². The lowest BCUT2D eigenvalue weighted by molar-refractivity contribution is -0.126. The lowest BCUT2D eigenvalue weighted by Crippen LogP contribution is -2.43. The number of amides is 2. The van der Waals surface area contributed by atoms with E-state index in [9.17, 15) is 9.59 Å². The average Bonchev–Trinajstić information content (AvgIpc) is 2.70. The summed E-state index contributed by atoms with van der Waals surface area (Å²) in [4.78, 5) is 27.1. The van der Waals surface area contributed by atoms with E-state index in [1.54, 1.807) is 0 Å². The predicted octanol–water partition coefficient (Wildman–Crippen LogP) is 4.00. The van der Waals surface area contributed by atoms with E-state index in [0.29, 0.717) is 13.1 Å². The molecule has 1 heterocycles. The van der Waals surface area contributed by atoms with Crippen molar-refractivity contribution in [2.24, 2.45) is 5.92 Å². The number of hydrogen-bond donors (Lipinski definition) is 1. The molecule has 3 rings (SSSR count). The normalized spacial score (nSPS) is 15.2. The van der Waals surface area contributed by atoms with Gasteiger partial charge >= 0.3 is 0 Å². The van der Waals surface area contributed by atoms with Crippen LogP contribution in [0.5, 0.6) is 0 Å². The van der Waals surface area contributed by atoms with Crippen molar-refractivity contribution in [2.75, 3.05) is 19.6 Å². The molecule has 2 aromatic carbocycles. The molecule has 26 heavy (non-hydrogen) atoms. The van der Waals surface area contributed by atoms with Crippen LogP contribution in [0.4, 0.5) is 0 Å². The molecule has 1 saturated heterocycles. The van der Waals surface area contributed by atoms with Crippen molar-refractivity contribution in [1.82, 2.24) is 10.2 Å². The standard InChI is InChI=1S/C22H28N2O2/c1-2-3-6-14-23-21(25)18-12-15-24(16-13-18)22(26)20-11-7-9-17-8-4-5-10-19(17)20/h4-5,7-11,18H,2-3,6,12-16H2,1H3,(H,23,25). The third-order valence-electron chi connectivity index (χ3n) is 5.25. The second-order valence-electron chi connectivity index (χ2n) is 7.09. The molecule has 4 nitrogen and oxygen atoms in total. The first kappa shape index (κ1) is 18.4. The fourth-order valence-electron chi connectivity index (χ4n) is 3.66. The molecule has 0 unspecified atom stereocenters. The number of carbonyl (C=O) groups excluding carboxylic acids is 2. The monoisotopic (exact) mass is 352 g/mol. The summed E-state index contributed by atoms with van der Waals surface area (Å²) in [5, 5.41) is 5.12. The van der Waals surface area contributed by atoms with Gasteiger partial charge in [0.25, 0.3) is 5.91 Å². The van der Waals surface area contributed by atoms with Crippen molar-refractivity contribution in [3.8, 4) is 0 Å². The van der Waals surface area contributed by atoms with Gasteiger partial charge in [0.05, 0.1) is 0 Å². The third-order valence-corrected chi connectivity index (χ3v) is 5.25. The molecule has 0 radical (unpaired) electrons. The van der Waals surface area contributed by atoms with Gasteiger partial charge in [-0.1, -0.05) is 56.2 Å². The summed E-state index contributed by atoms with van der Waals surface area (Å²) < 4.78 is 0. The average molecular weight is 352 g/mol. The zero-order valence-corrected chi connectivity index (χ0v) is 15.5. The number of piperidine rings is 1. The largest absolute Gasteiger partial charge is 0.356 e. The first-order chi connectivity index (χ1) is 12.7. The summed E-state index contributed by atoms with van der Waals surface area (Å²) >= 11 is 0. The predicted molar refractivity (Wildman–Crippen MR) is 105 cm³/mol. The molecule has 0 atom stereocenters. The third kappa shape index (κ3) is 4.24. The summed E-state index contributed by atoms with van der Waals surface area (Å²) in [6.45, 7) is 4.22. The fourth-order valence-corrected chi connectivity index (χ4v) is 3.66. The van der Waals surface area contributed by atoms with Gasteiger partial charge in [-0.15, -0.1) is 0 Å². The van der Waals surface area contributed by atoms with Crippen LogP contribution in [0.25, 0.3) is 10.8 Å². The molecular weight excluding hydrogens is 324 g/mol. The van der Waals surface area contributed by atoms with E-state index < -0.39 is 0 Å². The van der Waals surface area contributed by atoms with Crippen molar-refractivity contribution < 1.29 is 9.59 Å². The second kappa shape index (κ2) is 8.84. The smallest absolute Gasteiger partial charge is 0.254 e. The highest BCUT2D eigenvalue weighted by Crippen LogP contribution is 2.23. The molecule has 0 saturated carbocycles. The Labute approximate surface area is 155 Å². The Kier molecular flexibility index (Phi) is 6.26. The second-order valence-corrected chi connectivity index (χ2v) is 7.09. The van der Waals surface area contributed by atoms with E-state index in [1.165, 1.54) is 0 Å². The molecular formula is C22H28N2O2. The van der Waals surface area contributed by atoms with E-state index in [-0.39, 0.29) is 17.7 Å². The summed E-state index contributed by atoms with van der Waals surface area (Å²) in [5.41, 5.74) is 0.755. The molecule has 1 fully saturated rings. The fraction of sp³-hybridized carbons (Fsp3) is 0.455. The van der Waals surface area contributed by atoms with Crippen LogP contribution in [-0.4, -0.2) is 36.3 Å². The maximum Gasteiger partial charge on any atom is 0.254 e. The van der Waals surface area contributed by atoms with E-state index in [0.717, 1.165) is 55.0 Å². The van der Waals surface area contributed by atoms with Crippen LogP contribution in [0.2, 0.25) is 0 Å². The maximum atomic E-state index is 13.0. The molecule has 0 bridgehead atoms. The van der Waals surface area contributed by atoms with Gasteiger partial charge < -0.3 is 10.2 Å². The Morgan fingerprint density at radius 1 is 1.04 bits per heavy atom. The zero-order valence-electron chi connectivity index (χ0n) is 15.5. The zero-order chi connectivity index (χ0) is 18.4. The first-order valence-electron chi connectivity index (χ1n) is 9.75. The Morgan fingerprint density at radius 2 is 1.77 bits per heavy atom.